The average Bonchev–Trinajstić information content (AvgIpc) is 2.51. The standard InChI is InChI=1S/C17H32F2N4/c1-3-20-7-9-22(10-8-20)11-15-12-23(13-15)16-5-6-21(4-2)14-17(16,18)19/h15-16H,3-14H2,1-2H3. The molecule has 3 saturated heterocycles. The van der Waals surface area contributed by atoms with Gasteiger partial charge in [0.25, 0.3) is 5.92 Å². The van der Waals surface area contributed by atoms with Gasteiger partial charge in [0, 0.05) is 52.4 Å². The van der Waals surface area contributed by atoms with Gasteiger partial charge < -0.3 is 9.80 Å². The maximum atomic E-state index is 14.3. The number of nitrogens with zero attached hydrogens (tertiary/aromatic N) is 4. The van der Waals surface area contributed by atoms with Gasteiger partial charge >= 0.3 is 0 Å². The Morgan fingerprint density at radius 1 is 0.870 bits per heavy atom. The molecule has 4 nitrogen and oxygen atoms in total. The van der Waals surface area contributed by atoms with E-state index in [-0.39, 0.29) is 6.54 Å². The molecule has 1 unspecified atom stereocenters. The van der Waals surface area contributed by atoms with E-state index in [1.807, 2.05) is 16.7 Å². The molecule has 3 heterocycles. The number of alkyl halides is 2. The van der Waals surface area contributed by atoms with Crippen LogP contribution in [0.3, 0.4) is 0 Å². The lowest BCUT2D eigenvalue weighted by Crippen LogP contribution is -2.65. The van der Waals surface area contributed by atoms with Gasteiger partial charge in [0.2, 0.25) is 0 Å². The minimum absolute atomic E-state index is 0.0612. The number of likely N-dealkylation sites (tertiary alicyclic amines) is 2. The first-order valence-electron chi connectivity index (χ1n) is 9.30. The maximum Gasteiger partial charge on any atom is 0.275 e. The largest absolute Gasteiger partial charge is 0.301 e. The van der Waals surface area contributed by atoms with Crippen molar-refractivity contribution < 1.29 is 8.78 Å². The van der Waals surface area contributed by atoms with Crippen LogP contribution in [0.2, 0.25) is 0 Å². The van der Waals surface area contributed by atoms with Crippen molar-refractivity contribution in [3.63, 3.8) is 0 Å². The van der Waals surface area contributed by atoms with Crippen LogP contribution in [0.4, 0.5) is 8.78 Å². The molecule has 0 amide bonds. The monoisotopic (exact) mass is 330 g/mol. The zero-order valence-electron chi connectivity index (χ0n) is 14.7. The second kappa shape index (κ2) is 7.30. The second-order valence-electron chi connectivity index (χ2n) is 7.49. The fourth-order valence-corrected chi connectivity index (χ4v) is 4.35. The van der Waals surface area contributed by atoms with Gasteiger partial charge in [0.05, 0.1) is 12.6 Å². The van der Waals surface area contributed by atoms with Crippen molar-refractivity contribution in [2.45, 2.75) is 32.2 Å². The second-order valence-corrected chi connectivity index (χ2v) is 7.49. The summed E-state index contributed by atoms with van der Waals surface area (Å²) in [5.74, 6) is -1.96. The first kappa shape index (κ1) is 17.5. The van der Waals surface area contributed by atoms with Gasteiger partial charge in [-0.3, -0.25) is 9.80 Å². The zero-order chi connectivity index (χ0) is 16.4. The molecule has 3 rings (SSSR count). The van der Waals surface area contributed by atoms with Crippen LogP contribution in [0.1, 0.15) is 20.3 Å². The summed E-state index contributed by atoms with van der Waals surface area (Å²) in [5, 5.41) is 0. The molecule has 0 aromatic carbocycles. The van der Waals surface area contributed by atoms with Gasteiger partial charge in [-0.2, -0.15) is 0 Å². The van der Waals surface area contributed by atoms with E-state index in [0.717, 1.165) is 65.4 Å². The van der Waals surface area contributed by atoms with E-state index in [0.29, 0.717) is 12.3 Å². The summed E-state index contributed by atoms with van der Waals surface area (Å²) in [7, 11) is 0. The molecule has 23 heavy (non-hydrogen) atoms. The highest BCUT2D eigenvalue weighted by molar-refractivity contribution is 4.98. The van der Waals surface area contributed by atoms with Gasteiger partial charge in [-0.15, -0.1) is 0 Å². The SMILES string of the molecule is CCN1CCN(CC2CN(C3CCN(CC)CC3(F)F)C2)CC1. The molecule has 3 aliphatic heterocycles. The molecule has 0 N–H and O–H groups in total. The van der Waals surface area contributed by atoms with Crippen molar-refractivity contribution >= 4 is 0 Å². The molecule has 6 heteroatoms. The summed E-state index contributed by atoms with van der Waals surface area (Å²) in [6.07, 6.45) is 0.614. The lowest BCUT2D eigenvalue weighted by Gasteiger charge is -2.51. The van der Waals surface area contributed by atoms with Crippen LogP contribution in [0.5, 0.6) is 0 Å². The Bertz CT molecular complexity index is 379. The molecule has 0 saturated carbocycles. The molecule has 0 aliphatic carbocycles. The summed E-state index contributed by atoms with van der Waals surface area (Å²) in [4.78, 5) is 8.92. The van der Waals surface area contributed by atoms with Crippen LogP contribution in [0.25, 0.3) is 0 Å². The number of likely N-dealkylation sites (N-methyl/N-ethyl adjacent to an activating group) is 1. The normalized spacial score (nSPS) is 32.1. The molecule has 134 valence electrons. The van der Waals surface area contributed by atoms with Crippen molar-refractivity contribution in [2.75, 3.05) is 72.0 Å². The van der Waals surface area contributed by atoms with Crippen molar-refractivity contribution in [1.82, 2.24) is 19.6 Å². The van der Waals surface area contributed by atoms with Gasteiger partial charge in [-0.05, 0) is 25.4 Å². The van der Waals surface area contributed by atoms with Gasteiger partial charge in [0.1, 0.15) is 0 Å². The molecule has 0 bridgehead atoms. The fraction of sp³-hybridized carbons (Fsp3) is 1.00. The Labute approximate surface area is 139 Å². The van der Waals surface area contributed by atoms with Gasteiger partial charge in [-0.25, -0.2) is 8.78 Å². The lowest BCUT2D eigenvalue weighted by molar-refractivity contribution is -0.150. The lowest BCUT2D eigenvalue weighted by atomic mass is 9.90. The Balaban J connectivity index is 1.41. The first-order valence-corrected chi connectivity index (χ1v) is 9.30. The summed E-state index contributed by atoms with van der Waals surface area (Å²) in [6.45, 7) is 14.2. The van der Waals surface area contributed by atoms with Crippen LogP contribution >= 0.6 is 0 Å². The quantitative estimate of drug-likeness (QED) is 0.753. The molecule has 0 spiro atoms. The Morgan fingerprint density at radius 2 is 1.48 bits per heavy atom. The number of hydrogen-bond donors (Lipinski definition) is 0. The van der Waals surface area contributed by atoms with Crippen molar-refractivity contribution in [1.29, 1.82) is 0 Å². The molecule has 3 fully saturated rings. The summed E-state index contributed by atoms with van der Waals surface area (Å²) in [6, 6.07) is -0.529. The van der Waals surface area contributed by atoms with E-state index in [1.165, 1.54) is 0 Å². The third-order valence-electron chi connectivity index (χ3n) is 5.94. The number of halogens is 2. The van der Waals surface area contributed by atoms with Crippen LogP contribution in [0, 0.1) is 5.92 Å². The highest BCUT2D eigenvalue weighted by atomic mass is 19.3. The smallest absolute Gasteiger partial charge is 0.275 e. The first-order chi connectivity index (χ1) is 11.0. The van der Waals surface area contributed by atoms with Crippen molar-refractivity contribution in [3.8, 4) is 0 Å². The van der Waals surface area contributed by atoms with Crippen molar-refractivity contribution in [2.24, 2.45) is 5.92 Å². The third kappa shape index (κ3) is 4.03. The van der Waals surface area contributed by atoms with E-state index in [4.69, 9.17) is 0 Å². The molecular weight excluding hydrogens is 298 g/mol. The molecule has 1 atom stereocenters. The van der Waals surface area contributed by atoms with E-state index < -0.39 is 12.0 Å². The maximum absolute atomic E-state index is 14.3. The Hall–Kier alpha value is -0.300. The summed E-state index contributed by atoms with van der Waals surface area (Å²) in [5.41, 5.74) is 0. The van der Waals surface area contributed by atoms with Crippen LogP contribution in [-0.2, 0) is 0 Å². The van der Waals surface area contributed by atoms with Crippen LogP contribution in [0.15, 0.2) is 0 Å². The highest BCUT2D eigenvalue weighted by Gasteiger charge is 2.49. The fourth-order valence-electron chi connectivity index (χ4n) is 4.35. The predicted molar refractivity (Wildman–Crippen MR) is 89.1 cm³/mol. The molecular formula is C17H32F2N4. The van der Waals surface area contributed by atoms with Gasteiger partial charge in [0.15, 0.2) is 0 Å². The minimum atomic E-state index is -2.55. The minimum Gasteiger partial charge on any atom is -0.301 e. The molecule has 0 aromatic heterocycles. The summed E-state index contributed by atoms with van der Waals surface area (Å²) >= 11 is 0. The molecule has 3 aliphatic rings. The summed E-state index contributed by atoms with van der Waals surface area (Å²) < 4.78 is 28.7. The van der Waals surface area contributed by atoms with Crippen LogP contribution in [-0.4, -0.2) is 104 Å². The molecule has 0 aromatic rings. The van der Waals surface area contributed by atoms with E-state index in [9.17, 15) is 8.78 Å². The average molecular weight is 330 g/mol. The number of piperazine rings is 1. The Kier molecular flexibility index (Phi) is 5.56. The number of rotatable bonds is 5. The van der Waals surface area contributed by atoms with Crippen molar-refractivity contribution in [3.05, 3.63) is 0 Å². The van der Waals surface area contributed by atoms with Gasteiger partial charge in [-0.1, -0.05) is 13.8 Å². The van der Waals surface area contributed by atoms with E-state index >= 15 is 0 Å². The van der Waals surface area contributed by atoms with E-state index in [1.54, 1.807) is 0 Å². The van der Waals surface area contributed by atoms with E-state index in [2.05, 4.69) is 16.7 Å². The zero-order valence-corrected chi connectivity index (χ0v) is 14.7. The Morgan fingerprint density at radius 3 is 2.04 bits per heavy atom. The third-order valence-corrected chi connectivity index (χ3v) is 5.94. The molecule has 0 radical (unpaired) electrons. The number of hydrogen-bond acceptors (Lipinski definition) is 4. The van der Waals surface area contributed by atoms with Crippen LogP contribution < -0.4 is 0 Å². The topological polar surface area (TPSA) is 13.0 Å². The number of piperidine rings is 1. The highest BCUT2D eigenvalue weighted by Crippen LogP contribution is 2.35. The predicted octanol–water partition coefficient (Wildman–Crippen LogP) is 1.29.